The monoisotopic (exact) mass is 240 g/mol. The van der Waals surface area contributed by atoms with E-state index in [-0.39, 0.29) is 0 Å². The number of aromatic nitrogens is 1. The van der Waals surface area contributed by atoms with E-state index in [1.54, 1.807) is 6.20 Å². The van der Waals surface area contributed by atoms with Gasteiger partial charge in [0.2, 0.25) is 0 Å². The normalized spacial score (nSPS) is 23.9. The van der Waals surface area contributed by atoms with Gasteiger partial charge >= 0.3 is 0 Å². The minimum Gasteiger partial charge on any atom is -0.388 e. The van der Waals surface area contributed by atoms with E-state index in [4.69, 9.17) is 0 Å². The van der Waals surface area contributed by atoms with Crippen LogP contribution in [0.15, 0.2) is 18.3 Å². The first-order chi connectivity index (χ1) is 8.16. The average molecular weight is 240 g/mol. The molecule has 0 saturated carbocycles. The maximum Gasteiger partial charge on any atom is 0.129 e. The molecule has 1 aliphatic rings. The van der Waals surface area contributed by atoms with E-state index in [1.165, 1.54) is 0 Å². The van der Waals surface area contributed by atoms with Crippen molar-refractivity contribution in [3.8, 4) is 0 Å². The Kier molecular flexibility index (Phi) is 5.35. The molecule has 3 nitrogen and oxygen atoms in total. The van der Waals surface area contributed by atoms with Gasteiger partial charge in [-0.2, -0.15) is 0 Å². The maximum absolute atomic E-state index is 13.0. The Morgan fingerprint density at radius 1 is 1.41 bits per heavy atom. The zero-order valence-electron chi connectivity index (χ0n) is 10.7. The van der Waals surface area contributed by atoms with Gasteiger partial charge in [0.1, 0.15) is 12.3 Å². The van der Waals surface area contributed by atoms with Gasteiger partial charge in [-0.3, -0.25) is 4.98 Å². The van der Waals surface area contributed by atoms with Gasteiger partial charge in [0.25, 0.3) is 0 Å². The number of alkyl halides is 1. The van der Waals surface area contributed by atoms with Crippen molar-refractivity contribution in [2.45, 2.75) is 39.5 Å². The molecule has 1 aliphatic heterocycles. The van der Waals surface area contributed by atoms with Gasteiger partial charge in [-0.15, -0.1) is 0 Å². The topological polar surface area (TPSA) is 36.4 Å². The van der Waals surface area contributed by atoms with E-state index in [2.05, 4.69) is 4.98 Å². The van der Waals surface area contributed by atoms with Crippen LogP contribution in [0.25, 0.3) is 0 Å². The number of nitrogens with zero attached hydrogens (tertiary/aromatic N) is 2. The smallest absolute Gasteiger partial charge is 0.129 e. The predicted octanol–water partition coefficient (Wildman–Crippen LogP) is 2.33. The van der Waals surface area contributed by atoms with Crippen LogP contribution in [0.2, 0.25) is 0 Å². The molecule has 17 heavy (non-hydrogen) atoms. The van der Waals surface area contributed by atoms with Crippen molar-refractivity contribution in [2.75, 3.05) is 18.0 Å². The minimum atomic E-state index is -1.08. The second kappa shape index (κ2) is 6.55. The van der Waals surface area contributed by atoms with Crippen molar-refractivity contribution in [3.05, 3.63) is 24.0 Å². The summed E-state index contributed by atoms with van der Waals surface area (Å²) >= 11 is 0. The summed E-state index contributed by atoms with van der Waals surface area (Å²) < 4.78 is 13.0. The summed E-state index contributed by atoms with van der Waals surface area (Å²) in [5.74, 6) is 0. The number of piperidine rings is 1. The minimum absolute atomic E-state index is 0.353. The highest BCUT2D eigenvalue weighted by Gasteiger charge is 2.27. The van der Waals surface area contributed by atoms with Crippen LogP contribution in [0.1, 0.15) is 26.0 Å². The lowest BCUT2D eigenvalue weighted by Gasteiger charge is -2.33. The van der Waals surface area contributed by atoms with E-state index in [0.29, 0.717) is 19.5 Å². The Labute approximate surface area is 102 Å². The Balaban J connectivity index is 0.000000686. The Bertz CT molecular complexity index is 329. The van der Waals surface area contributed by atoms with Gasteiger partial charge < -0.3 is 10.0 Å². The zero-order chi connectivity index (χ0) is 12.8. The van der Waals surface area contributed by atoms with Crippen LogP contribution < -0.4 is 4.90 Å². The molecule has 2 atom stereocenters. The first kappa shape index (κ1) is 13.9. The van der Waals surface area contributed by atoms with Crippen LogP contribution >= 0.6 is 0 Å². The van der Waals surface area contributed by atoms with Crippen molar-refractivity contribution in [1.29, 1.82) is 0 Å². The molecular weight excluding hydrogens is 219 g/mol. The molecule has 0 radical (unpaired) electrons. The molecule has 1 aromatic rings. The van der Waals surface area contributed by atoms with Gasteiger partial charge in [0.05, 0.1) is 11.9 Å². The third kappa shape index (κ3) is 3.66. The first-order valence-corrected chi connectivity index (χ1v) is 6.16. The zero-order valence-corrected chi connectivity index (χ0v) is 10.7. The fourth-order valence-electron chi connectivity index (χ4n) is 1.78. The largest absolute Gasteiger partial charge is 0.388 e. The van der Waals surface area contributed by atoms with Crippen LogP contribution in [0, 0.1) is 6.92 Å². The SMILES string of the molecule is CC.Cc1ccc(N2CCC(F)C(O)C2)cn1. The summed E-state index contributed by atoms with van der Waals surface area (Å²) in [5, 5.41) is 9.43. The van der Waals surface area contributed by atoms with Crippen molar-refractivity contribution in [2.24, 2.45) is 0 Å². The number of halogens is 1. The number of hydrogen-bond donors (Lipinski definition) is 1. The Morgan fingerprint density at radius 2 is 2.12 bits per heavy atom. The number of aryl methyl sites for hydroxylation is 1. The number of aliphatic hydroxyl groups excluding tert-OH is 1. The van der Waals surface area contributed by atoms with E-state index < -0.39 is 12.3 Å². The fraction of sp³-hybridized carbons (Fsp3) is 0.615. The molecule has 0 amide bonds. The van der Waals surface area contributed by atoms with Crippen LogP contribution in [0.3, 0.4) is 0 Å². The van der Waals surface area contributed by atoms with Crippen LogP contribution in [0.4, 0.5) is 10.1 Å². The molecule has 1 N–H and O–H groups in total. The van der Waals surface area contributed by atoms with Crippen LogP contribution in [-0.4, -0.2) is 35.5 Å². The van der Waals surface area contributed by atoms with Gasteiger partial charge in [0.15, 0.2) is 0 Å². The lowest BCUT2D eigenvalue weighted by atomic mass is 10.1. The van der Waals surface area contributed by atoms with Crippen molar-refractivity contribution in [3.63, 3.8) is 0 Å². The van der Waals surface area contributed by atoms with Gasteiger partial charge in [-0.05, 0) is 25.5 Å². The molecule has 0 spiro atoms. The predicted molar refractivity (Wildman–Crippen MR) is 68.1 cm³/mol. The second-order valence-corrected chi connectivity index (χ2v) is 3.98. The standard InChI is InChI=1S/C11H15FN2O.C2H6/c1-8-2-3-9(6-13-8)14-5-4-10(12)11(15)7-14;1-2/h2-3,6,10-11,15H,4-5,7H2,1H3;1-2H3. The van der Waals surface area contributed by atoms with E-state index >= 15 is 0 Å². The fourth-order valence-corrected chi connectivity index (χ4v) is 1.78. The van der Waals surface area contributed by atoms with Gasteiger partial charge in [-0.1, -0.05) is 13.8 Å². The highest BCUT2D eigenvalue weighted by molar-refractivity contribution is 5.45. The summed E-state index contributed by atoms with van der Waals surface area (Å²) in [6, 6.07) is 3.87. The maximum atomic E-state index is 13.0. The summed E-state index contributed by atoms with van der Waals surface area (Å²) in [4.78, 5) is 6.15. The molecule has 2 heterocycles. The molecule has 0 aliphatic carbocycles. The Hall–Kier alpha value is -1.16. The third-order valence-corrected chi connectivity index (χ3v) is 2.76. The molecule has 0 aromatic carbocycles. The number of anilines is 1. The van der Waals surface area contributed by atoms with Crippen molar-refractivity contribution >= 4 is 5.69 Å². The number of β-amino-alcohol motifs (C(OH)–C–C–N with tert-alkyl or cyclic N) is 1. The average Bonchev–Trinajstić information content (AvgIpc) is 2.36. The van der Waals surface area contributed by atoms with Crippen molar-refractivity contribution < 1.29 is 9.50 Å². The summed E-state index contributed by atoms with van der Waals surface area (Å²) in [6.45, 7) is 6.92. The van der Waals surface area contributed by atoms with E-state index in [1.807, 2.05) is 37.8 Å². The van der Waals surface area contributed by atoms with Crippen LogP contribution in [0.5, 0.6) is 0 Å². The summed E-state index contributed by atoms with van der Waals surface area (Å²) in [5.41, 5.74) is 1.91. The number of pyridine rings is 1. The number of aliphatic hydroxyl groups is 1. The van der Waals surface area contributed by atoms with E-state index in [0.717, 1.165) is 11.4 Å². The van der Waals surface area contributed by atoms with Crippen molar-refractivity contribution in [1.82, 2.24) is 4.98 Å². The van der Waals surface area contributed by atoms with E-state index in [9.17, 15) is 9.50 Å². The van der Waals surface area contributed by atoms with Crippen LogP contribution in [-0.2, 0) is 0 Å². The Morgan fingerprint density at radius 3 is 2.65 bits per heavy atom. The molecule has 2 unspecified atom stereocenters. The molecule has 1 saturated heterocycles. The lowest BCUT2D eigenvalue weighted by molar-refractivity contribution is 0.0645. The molecule has 96 valence electrons. The summed E-state index contributed by atoms with van der Waals surface area (Å²) in [7, 11) is 0. The molecule has 1 fully saturated rings. The molecule has 4 heteroatoms. The molecule has 0 bridgehead atoms. The molecule has 2 rings (SSSR count). The number of rotatable bonds is 1. The summed E-state index contributed by atoms with van der Waals surface area (Å²) in [6.07, 6.45) is 0.190. The first-order valence-electron chi connectivity index (χ1n) is 6.16. The molecule has 1 aromatic heterocycles. The number of hydrogen-bond acceptors (Lipinski definition) is 3. The lowest BCUT2D eigenvalue weighted by Crippen LogP contribution is -2.45. The quantitative estimate of drug-likeness (QED) is 0.818. The molecular formula is C13H21FN2O. The third-order valence-electron chi connectivity index (χ3n) is 2.76. The highest BCUT2D eigenvalue weighted by Crippen LogP contribution is 2.20. The second-order valence-electron chi connectivity index (χ2n) is 3.98. The highest BCUT2D eigenvalue weighted by atomic mass is 19.1. The van der Waals surface area contributed by atoms with Gasteiger partial charge in [-0.25, -0.2) is 4.39 Å². The van der Waals surface area contributed by atoms with Gasteiger partial charge in [0, 0.05) is 18.8 Å².